The summed E-state index contributed by atoms with van der Waals surface area (Å²) in [6.07, 6.45) is 1.26. The van der Waals surface area contributed by atoms with Gasteiger partial charge in [0.25, 0.3) is 0 Å². The van der Waals surface area contributed by atoms with Crippen LogP contribution in [0.2, 0.25) is 0 Å². The first-order valence-electron chi connectivity index (χ1n) is 6.77. The number of hydrogen-bond acceptors (Lipinski definition) is 3. The van der Waals surface area contributed by atoms with Crippen LogP contribution in [0.4, 0.5) is 0 Å². The minimum atomic E-state index is 0.130. The van der Waals surface area contributed by atoms with E-state index in [-0.39, 0.29) is 6.04 Å². The van der Waals surface area contributed by atoms with Gasteiger partial charge >= 0.3 is 0 Å². The Morgan fingerprint density at radius 1 is 1.44 bits per heavy atom. The summed E-state index contributed by atoms with van der Waals surface area (Å²) in [7, 11) is 4.32. The molecule has 1 aliphatic rings. The Labute approximate surface area is 111 Å². The molecule has 0 aromatic heterocycles. The quantitative estimate of drug-likeness (QED) is 0.878. The first-order chi connectivity index (χ1) is 8.56. The second kappa shape index (κ2) is 5.83. The van der Waals surface area contributed by atoms with E-state index in [0.717, 1.165) is 13.1 Å². The maximum absolute atomic E-state index is 6.31. The molecular weight excluding hydrogens is 222 g/mol. The predicted octanol–water partition coefficient (Wildman–Crippen LogP) is 1.63. The van der Waals surface area contributed by atoms with Crippen molar-refractivity contribution in [2.75, 3.05) is 33.7 Å². The van der Waals surface area contributed by atoms with Crippen molar-refractivity contribution >= 4 is 0 Å². The molecule has 1 fully saturated rings. The van der Waals surface area contributed by atoms with Crippen molar-refractivity contribution in [3.8, 4) is 0 Å². The summed E-state index contributed by atoms with van der Waals surface area (Å²) in [5, 5.41) is 0. The first-order valence-corrected chi connectivity index (χ1v) is 6.77. The molecule has 1 aromatic carbocycles. The van der Waals surface area contributed by atoms with Crippen molar-refractivity contribution in [1.82, 2.24) is 9.80 Å². The lowest BCUT2D eigenvalue weighted by molar-refractivity contribution is 0.260. The molecule has 0 aliphatic carbocycles. The molecule has 1 aromatic rings. The van der Waals surface area contributed by atoms with Crippen LogP contribution in [0, 0.1) is 6.92 Å². The van der Waals surface area contributed by atoms with Crippen LogP contribution in [0.25, 0.3) is 0 Å². The molecule has 1 aliphatic heterocycles. The number of nitrogens with two attached hydrogens (primary N) is 1. The highest BCUT2D eigenvalue weighted by molar-refractivity contribution is 5.25. The van der Waals surface area contributed by atoms with Gasteiger partial charge in [0.2, 0.25) is 0 Å². The Balaban J connectivity index is 1.90. The van der Waals surface area contributed by atoms with Crippen molar-refractivity contribution < 1.29 is 0 Å². The molecule has 0 bridgehead atoms. The Morgan fingerprint density at radius 2 is 2.22 bits per heavy atom. The van der Waals surface area contributed by atoms with Gasteiger partial charge in [-0.15, -0.1) is 0 Å². The fourth-order valence-corrected chi connectivity index (χ4v) is 2.68. The maximum atomic E-state index is 6.31. The second-order valence-corrected chi connectivity index (χ2v) is 5.69. The molecule has 3 heteroatoms. The van der Waals surface area contributed by atoms with Gasteiger partial charge in [0, 0.05) is 25.2 Å². The van der Waals surface area contributed by atoms with Crippen LogP contribution >= 0.6 is 0 Å². The van der Waals surface area contributed by atoms with Crippen LogP contribution in [0.15, 0.2) is 24.3 Å². The molecule has 2 unspecified atom stereocenters. The molecule has 2 atom stereocenters. The third kappa shape index (κ3) is 3.31. The van der Waals surface area contributed by atoms with E-state index in [0.29, 0.717) is 6.04 Å². The van der Waals surface area contributed by atoms with Crippen LogP contribution < -0.4 is 5.73 Å². The average molecular weight is 247 g/mol. The van der Waals surface area contributed by atoms with E-state index in [2.05, 4.69) is 55.1 Å². The zero-order valence-corrected chi connectivity index (χ0v) is 11.8. The maximum Gasteiger partial charge on any atom is 0.0424 e. The average Bonchev–Trinajstić information content (AvgIpc) is 2.77. The van der Waals surface area contributed by atoms with Gasteiger partial charge in [-0.25, -0.2) is 0 Å². The summed E-state index contributed by atoms with van der Waals surface area (Å²) in [5.74, 6) is 0. The zero-order valence-electron chi connectivity index (χ0n) is 11.8. The molecule has 1 saturated heterocycles. The van der Waals surface area contributed by atoms with Gasteiger partial charge in [0.05, 0.1) is 0 Å². The smallest absolute Gasteiger partial charge is 0.0424 e. The van der Waals surface area contributed by atoms with Crippen LogP contribution in [0.1, 0.15) is 23.6 Å². The standard InChI is InChI=1S/C15H25N3/c1-12-5-4-6-13(9-12)15(16)11-18-8-7-14(10-18)17(2)3/h4-6,9,14-15H,7-8,10-11,16H2,1-3H3. The topological polar surface area (TPSA) is 32.5 Å². The summed E-state index contributed by atoms with van der Waals surface area (Å²) < 4.78 is 0. The Morgan fingerprint density at radius 3 is 2.83 bits per heavy atom. The molecule has 1 heterocycles. The first kappa shape index (κ1) is 13.5. The number of nitrogens with zero attached hydrogens (tertiary/aromatic N) is 2. The fourth-order valence-electron chi connectivity index (χ4n) is 2.68. The third-order valence-corrected chi connectivity index (χ3v) is 3.90. The van der Waals surface area contributed by atoms with Crippen molar-refractivity contribution in [2.45, 2.75) is 25.4 Å². The minimum absolute atomic E-state index is 0.130. The Bertz CT molecular complexity index is 389. The molecule has 100 valence electrons. The Hall–Kier alpha value is -0.900. The van der Waals surface area contributed by atoms with E-state index < -0.39 is 0 Å². The molecule has 2 rings (SSSR count). The number of rotatable bonds is 4. The molecule has 2 N–H and O–H groups in total. The van der Waals surface area contributed by atoms with E-state index in [1.807, 2.05) is 0 Å². The summed E-state index contributed by atoms with van der Waals surface area (Å²) in [6.45, 7) is 5.40. The molecular formula is C15H25N3. The molecule has 18 heavy (non-hydrogen) atoms. The lowest BCUT2D eigenvalue weighted by atomic mass is 10.0. The molecule has 0 amide bonds. The summed E-state index contributed by atoms with van der Waals surface area (Å²) in [5.41, 5.74) is 8.85. The predicted molar refractivity (Wildman–Crippen MR) is 76.6 cm³/mol. The van der Waals surface area contributed by atoms with Crippen LogP contribution in [-0.4, -0.2) is 49.6 Å². The number of hydrogen-bond donors (Lipinski definition) is 1. The van der Waals surface area contributed by atoms with E-state index in [9.17, 15) is 0 Å². The molecule has 0 saturated carbocycles. The number of benzene rings is 1. The van der Waals surface area contributed by atoms with Crippen molar-refractivity contribution in [1.29, 1.82) is 0 Å². The van der Waals surface area contributed by atoms with Gasteiger partial charge in [-0.1, -0.05) is 29.8 Å². The fraction of sp³-hybridized carbons (Fsp3) is 0.600. The Kier molecular flexibility index (Phi) is 4.38. The van der Waals surface area contributed by atoms with Gasteiger partial charge in [-0.2, -0.15) is 0 Å². The SMILES string of the molecule is Cc1cccc(C(N)CN2CCC(N(C)C)C2)c1. The van der Waals surface area contributed by atoms with E-state index >= 15 is 0 Å². The summed E-state index contributed by atoms with van der Waals surface area (Å²) >= 11 is 0. The van der Waals surface area contributed by atoms with Gasteiger partial charge in [0.15, 0.2) is 0 Å². The second-order valence-electron chi connectivity index (χ2n) is 5.69. The number of aryl methyl sites for hydroxylation is 1. The number of likely N-dealkylation sites (N-methyl/N-ethyl adjacent to an activating group) is 1. The monoisotopic (exact) mass is 247 g/mol. The van der Waals surface area contributed by atoms with Crippen LogP contribution in [-0.2, 0) is 0 Å². The highest BCUT2D eigenvalue weighted by Crippen LogP contribution is 2.18. The number of likely N-dealkylation sites (tertiary alicyclic amines) is 1. The van der Waals surface area contributed by atoms with E-state index in [4.69, 9.17) is 5.73 Å². The van der Waals surface area contributed by atoms with Gasteiger partial charge in [0.1, 0.15) is 0 Å². The molecule has 0 spiro atoms. The molecule has 3 nitrogen and oxygen atoms in total. The van der Waals surface area contributed by atoms with Crippen molar-refractivity contribution in [2.24, 2.45) is 5.73 Å². The van der Waals surface area contributed by atoms with Gasteiger partial charge < -0.3 is 10.6 Å². The summed E-state index contributed by atoms with van der Waals surface area (Å²) in [4.78, 5) is 4.80. The largest absolute Gasteiger partial charge is 0.323 e. The van der Waals surface area contributed by atoms with Gasteiger partial charge in [-0.3, -0.25) is 4.90 Å². The lowest BCUT2D eigenvalue weighted by Crippen LogP contribution is -2.34. The van der Waals surface area contributed by atoms with Crippen molar-refractivity contribution in [3.05, 3.63) is 35.4 Å². The zero-order chi connectivity index (χ0) is 13.1. The van der Waals surface area contributed by atoms with Crippen LogP contribution in [0.5, 0.6) is 0 Å². The molecule has 0 radical (unpaired) electrons. The van der Waals surface area contributed by atoms with Gasteiger partial charge in [-0.05, 0) is 39.5 Å². The third-order valence-electron chi connectivity index (χ3n) is 3.90. The lowest BCUT2D eigenvalue weighted by Gasteiger charge is -2.23. The van der Waals surface area contributed by atoms with Crippen LogP contribution in [0.3, 0.4) is 0 Å². The highest BCUT2D eigenvalue weighted by atomic mass is 15.2. The van der Waals surface area contributed by atoms with Crippen molar-refractivity contribution in [3.63, 3.8) is 0 Å². The minimum Gasteiger partial charge on any atom is -0.323 e. The van der Waals surface area contributed by atoms with E-state index in [1.165, 1.54) is 24.1 Å². The summed E-state index contributed by atoms with van der Waals surface area (Å²) in [6, 6.07) is 9.37. The highest BCUT2D eigenvalue weighted by Gasteiger charge is 2.25. The van der Waals surface area contributed by atoms with E-state index in [1.54, 1.807) is 0 Å². The normalized spacial score (nSPS) is 22.6.